The zero-order valence-corrected chi connectivity index (χ0v) is 14.4. The van der Waals surface area contributed by atoms with E-state index in [9.17, 15) is 0 Å². The Kier molecular flexibility index (Phi) is 5.55. The summed E-state index contributed by atoms with van der Waals surface area (Å²) in [6, 6.07) is 28.2. The second-order valence-electron chi connectivity index (χ2n) is 5.84. The van der Waals surface area contributed by atoms with E-state index in [2.05, 4.69) is 85.8 Å². The Hall–Kier alpha value is -1.99. The van der Waals surface area contributed by atoms with Crippen molar-refractivity contribution in [1.82, 2.24) is 0 Å². The molecule has 0 bridgehead atoms. The van der Waals surface area contributed by atoms with Gasteiger partial charge in [0.2, 0.25) is 0 Å². The number of hydrogen-bond acceptors (Lipinski definition) is 1. The van der Waals surface area contributed by atoms with Crippen LogP contribution in [-0.2, 0) is 12.8 Å². The monoisotopic (exact) mass is 318 g/mol. The van der Waals surface area contributed by atoms with Crippen LogP contribution in [0.4, 0.5) is 0 Å². The van der Waals surface area contributed by atoms with Crippen molar-refractivity contribution < 1.29 is 0 Å². The number of aryl methyl sites for hydroxylation is 3. The van der Waals surface area contributed by atoms with Crippen molar-refractivity contribution in [3.8, 4) is 0 Å². The lowest BCUT2D eigenvalue weighted by Crippen LogP contribution is -1.92. The van der Waals surface area contributed by atoms with Crippen molar-refractivity contribution in [2.45, 2.75) is 36.0 Å². The van der Waals surface area contributed by atoms with Gasteiger partial charge in [0, 0.05) is 9.79 Å². The Morgan fingerprint density at radius 2 is 1.30 bits per heavy atom. The minimum atomic E-state index is 1.14. The zero-order valence-electron chi connectivity index (χ0n) is 13.5. The second-order valence-corrected chi connectivity index (χ2v) is 6.99. The third-order valence-electron chi connectivity index (χ3n) is 4.08. The van der Waals surface area contributed by atoms with Crippen molar-refractivity contribution in [2.75, 3.05) is 0 Å². The third kappa shape index (κ3) is 4.74. The number of rotatable bonds is 6. The van der Waals surface area contributed by atoms with Crippen LogP contribution in [-0.4, -0.2) is 0 Å². The summed E-state index contributed by atoms with van der Waals surface area (Å²) in [5.41, 5.74) is 4.31. The third-order valence-corrected chi connectivity index (χ3v) is 5.09. The van der Waals surface area contributed by atoms with Gasteiger partial charge in [0.25, 0.3) is 0 Å². The molecule has 0 amide bonds. The topological polar surface area (TPSA) is 0 Å². The van der Waals surface area contributed by atoms with Crippen LogP contribution in [0, 0.1) is 6.92 Å². The maximum atomic E-state index is 2.27. The SMILES string of the molecule is Cc1ccccc1CCCc1ccc(Sc2ccccc2)cc1. The molecule has 0 saturated carbocycles. The molecule has 0 fully saturated rings. The van der Waals surface area contributed by atoms with E-state index in [0.29, 0.717) is 0 Å². The first kappa shape index (κ1) is 15.9. The Morgan fingerprint density at radius 1 is 0.652 bits per heavy atom. The lowest BCUT2D eigenvalue weighted by molar-refractivity contribution is 0.815. The molecule has 0 atom stereocenters. The molecule has 0 aliphatic rings. The Morgan fingerprint density at radius 3 is 2.04 bits per heavy atom. The minimum absolute atomic E-state index is 1.14. The van der Waals surface area contributed by atoms with Crippen molar-refractivity contribution in [3.05, 3.63) is 95.6 Å². The van der Waals surface area contributed by atoms with Crippen molar-refractivity contribution in [3.63, 3.8) is 0 Å². The molecule has 0 heterocycles. The highest BCUT2D eigenvalue weighted by Crippen LogP contribution is 2.27. The largest absolute Gasteiger partial charge is 0.0901 e. The van der Waals surface area contributed by atoms with E-state index in [1.54, 1.807) is 0 Å². The quantitative estimate of drug-likeness (QED) is 0.512. The first-order valence-corrected chi connectivity index (χ1v) is 8.99. The highest BCUT2D eigenvalue weighted by Gasteiger charge is 2.00. The molecular weight excluding hydrogens is 296 g/mol. The molecule has 0 spiro atoms. The van der Waals surface area contributed by atoms with Crippen LogP contribution in [0.15, 0.2) is 88.7 Å². The summed E-state index contributed by atoms with van der Waals surface area (Å²) < 4.78 is 0. The van der Waals surface area contributed by atoms with Gasteiger partial charge in [-0.15, -0.1) is 0 Å². The normalized spacial score (nSPS) is 10.7. The molecule has 3 rings (SSSR count). The Bertz CT molecular complexity index is 729. The van der Waals surface area contributed by atoms with Gasteiger partial charge < -0.3 is 0 Å². The molecule has 23 heavy (non-hydrogen) atoms. The van der Waals surface area contributed by atoms with Gasteiger partial charge in [0.1, 0.15) is 0 Å². The molecule has 0 nitrogen and oxygen atoms in total. The fraction of sp³-hybridized carbons (Fsp3) is 0.182. The maximum absolute atomic E-state index is 2.27. The lowest BCUT2D eigenvalue weighted by atomic mass is 10.0. The smallest absolute Gasteiger partial charge is 0.0122 e. The van der Waals surface area contributed by atoms with Crippen molar-refractivity contribution in [2.24, 2.45) is 0 Å². The Labute approximate surface area is 143 Å². The molecule has 0 radical (unpaired) electrons. The van der Waals surface area contributed by atoms with Gasteiger partial charge in [0.15, 0.2) is 0 Å². The first-order chi connectivity index (χ1) is 11.3. The molecule has 0 N–H and O–H groups in total. The van der Waals surface area contributed by atoms with Gasteiger partial charge >= 0.3 is 0 Å². The molecule has 0 unspecified atom stereocenters. The van der Waals surface area contributed by atoms with Crippen LogP contribution in [0.1, 0.15) is 23.1 Å². The standard InChI is InChI=1S/C22H22S/c1-18-8-5-6-10-20(18)11-7-9-19-14-16-22(17-15-19)23-21-12-3-2-4-13-21/h2-6,8,10,12-17H,7,9,11H2,1H3. The van der Waals surface area contributed by atoms with E-state index in [0.717, 1.165) is 12.8 Å². The average Bonchev–Trinajstić information content (AvgIpc) is 2.59. The van der Waals surface area contributed by atoms with Crippen molar-refractivity contribution >= 4 is 11.8 Å². The second kappa shape index (κ2) is 8.03. The predicted molar refractivity (Wildman–Crippen MR) is 100 cm³/mol. The van der Waals surface area contributed by atoms with Crippen LogP contribution in [0.25, 0.3) is 0 Å². The van der Waals surface area contributed by atoms with Crippen molar-refractivity contribution in [1.29, 1.82) is 0 Å². The maximum Gasteiger partial charge on any atom is 0.0122 e. The van der Waals surface area contributed by atoms with Gasteiger partial charge in [0.05, 0.1) is 0 Å². The average molecular weight is 318 g/mol. The summed E-state index contributed by atoms with van der Waals surface area (Å²) in [5, 5.41) is 0. The summed E-state index contributed by atoms with van der Waals surface area (Å²) in [6.45, 7) is 2.20. The molecule has 0 aromatic heterocycles. The van der Waals surface area contributed by atoms with Gasteiger partial charge in [-0.2, -0.15) is 0 Å². The fourth-order valence-electron chi connectivity index (χ4n) is 2.72. The summed E-state index contributed by atoms with van der Waals surface area (Å²) in [7, 11) is 0. The molecule has 3 aromatic carbocycles. The number of hydrogen-bond donors (Lipinski definition) is 0. The van der Waals surface area contributed by atoms with Crippen LogP contribution >= 0.6 is 11.8 Å². The summed E-state index contributed by atoms with van der Waals surface area (Å²) in [5.74, 6) is 0. The van der Waals surface area contributed by atoms with E-state index in [1.165, 1.54) is 32.9 Å². The molecule has 1 heteroatoms. The van der Waals surface area contributed by atoms with Gasteiger partial charge in [-0.1, -0.05) is 66.4 Å². The molecule has 0 saturated heterocycles. The van der Waals surface area contributed by atoms with E-state index in [1.807, 2.05) is 11.8 Å². The zero-order chi connectivity index (χ0) is 15.9. The fourth-order valence-corrected chi connectivity index (χ4v) is 3.56. The van der Waals surface area contributed by atoms with Crippen LogP contribution in [0.2, 0.25) is 0 Å². The van der Waals surface area contributed by atoms with Gasteiger partial charge in [-0.25, -0.2) is 0 Å². The molecule has 0 aliphatic heterocycles. The van der Waals surface area contributed by atoms with E-state index >= 15 is 0 Å². The number of benzene rings is 3. The minimum Gasteiger partial charge on any atom is -0.0901 e. The highest BCUT2D eigenvalue weighted by molar-refractivity contribution is 7.99. The molecule has 0 aliphatic carbocycles. The summed E-state index contributed by atoms with van der Waals surface area (Å²) >= 11 is 1.82. The lowest BCUT2D eigenvalue weighted by Gasteiger charge is -2.06. The van der Waals surface area contributed by atoms with E-state index in [4.69, 9.17) is 0 Å². The Balaban J connectivity index is 1.53. The van der Waals surface area contributed by atoms with E-state index < -0.39 is 0 Å². The van der Waals surface area contributed by atoms with Crippen LogP contribution in [0.3, 0.4) is 0 Å². The van der Waals surface area contributed by atoms with Crippen LogP contribution in [0.5, 0.6) is 0 Å². The molecular formula is C22H22S. The highest BCUT2D eigenvalue weighted by atomic mass is 32.2. The van der Waals surface area contributed by atoms with Gasteiger partial charge in [-0.3, -0.25) is 0 Å². The van der Waals surface area contributed by atoms with Gasteiger partial charge in [-0.05, 0) is 67.1 Å². The summed E-state index contributed by atoms with van der Waals surface area (Å²) in [6.07, 6.45) is 3.51. The summed E-state index contributed by atoms with van der Waals surface area (Å²) in [4.78, 5) is 2.60. The predicted octanol–water partition coefficient (Wildman–Crippen LogP) is 6.32. The van der Waals surface area contributed by atoms with E-state index in [-0.39, 0.29) is 0 Å². The van der Waals surface area contributed by atoms with Crippen LogP contribution < -0.4 is 0 Å². The first-order valence-electron chi connectivity index (χ1n) is 8.17. The molecule has 3 aromatic rings. The molecule has 116 valence electrons.